The van der Waals surface area contributed by atoms with Gasteiger partial charge < -0.3 is 5.73 Å². The molecular weight excluding hydrogens is 393 g/mol. The highest BCUT2D eigenvalue weighted by Crippen LogP contribution is 2.34. The van der Waals surface area contributed by atoms with Gasteiger partial charge in [-0.05, 0) is 17.7 Å². The molecule has 0 amide bonds. The summed E-state index contributed by atoms with van der Waals surface area (Å²) in [5.74, 6) is -1.02. The van der Waals surface area contributed by atoms with Gasteiger partial charge in [0, 0.05) is 42.7 Å². The van der Waals surface area contributed by atoms with Crippen molar-refractivity contribution < 1.29 is 13.2 Å². The van der Waals surface area contributed by atoms with Gasteiger partial charge >= 0.3 is 0 Å². The molecule has 0 fully saturated rings. The molecule has 4 rings (SSSR count). The summed E-state index contributed by atoms with van der Waals surface area (Å²) < 4.78 is 44.8. The van der Waals surface area contributed by atoms with Crippen LogP contribution in [-0.2, 0) is 13.6 Å². The zero-order chi connectivity index (χ0) is 19.1. The molecule has 3 heterocycles. The normalized spacial score (nSPS) is 11.2. The topological polar surface area (TPSA) is 74.0 Å². The second kappa shape index (κ2) is 7.61. The Morgan fingerprint density at radius 2 is 1.93 bits per heavy atom. The van der Waals surface area contributed by atoms with Gasteiger partial charge in [0.1, 0.15) is 17.8 Å². The van der Waals surface area contributed by atoms with Crippen molar-refractivity contribution in [2.45, 2.75) is 13.0 Å². The molecule has 1 aromatic carbocycles. The van der Waals surface area contributed by atoms with Crippen LogP contribution < -0.4 is 5.73 Å². The van der Waals surface area contributed by atoms with E-state index in [9.17, 15) is 13.2 Å². The summed E-state index contributed by atoms with van der Waals surface area (Å²) >= 11 is 0. The Labute approximate surface area is 164 Å². The molecule has 0 aliphatic carbocycles. The maximum Gasteiger partial charge on any atom is 0.267 e. The minimum Gasteiger partial charge on any atom is -0.326 e. The van der Waals surface area contributed by atoms with Crippen LogP contribution in [-0.4, -0.2) is 24.4 Å². The van der Waals surface area contributed by atoms with Crippen LogP contribution in [0.5, 0.6) is 0 Å². The van der Waals surface area contributed by atoms with Gasteiger partial charge in [0.05, 0.1) is 17.3 Å². The molecule has 28 heavy (non-hydrogen) atoms. The average Bonchev–Trinajstić information content (AvgIpc) is 3.26. The number of benzene rings is 1. The molecule has 0 spiro atoms. The maximum absolute atomic E-state index is 14.9. The van der Waals surface area contributed by atoms with E-state index in [0.717, 1.165) is 11.1 Å². The second-order valence-corrected chi connectivity index (χ2v) is 6.07. The van der Waals surface area contributed by atoms with E-state index >= 15 is 0 Å². The highest BCUT2D eigenvalue weighted by Gasteiger charge is 2.23. The third-order valence-corrected chi connectivity index (χ3v) is 4.41. The highest BCUT2D eigenvalue weighted by atomic mass is 35.5. The predicted molar refractivity (Wildman–Crippen MR) is 101 cm³/mol. The van der Waals surface area contributed by atoms with Crippen LogP contribution in [0.2, 0.25) is 0 Å². The number of aromatic nitrogens is 5. The molecule has 0 bridgehead atoms. The van der Waals surface area contributed by atoms with Crippen molar-refractivity contribution in [2.24, 2.45) is 12.8 Å². The summed E-state index contributed by atoms with van der Waals surface area (Å²) in [6.07, 6.45) is 3.55. The Morgan fingerprint density at radius 3 is 2.57 bits per heavy atom. The number of fused-ring (bicyclic) bond motifs is 1. The first-order valence-electron chi connectivity index (χ1n) is 8.12. The van der Waals surface area contributed by atoms with E-state index in [1.807, 2.05) is 6.20 Å². The van der Waals surface area contributed by atoms with Gasteiger partial charge in [-0.25, -0.2) is 22.7 Å². The quantitative estimate of drug-likeness (QED) is 0.558. The average molecular weight is 409 g/mol. The van der Waals surface area contributed by atoms with Crippen LogP contribution in [0.1, 0.15) is 17.6 Å². The fourth-order valence-electron chi connectivity index (χ4n) is 3.10. The second-order valence-electron chi connectivity index (χ2n) is 6.07. The molecule has 0 aliphatic rings. The lowest BCUT2D eigenvalue weighted by molar-refractivity contribution is 0.145. The fourth-order valence-corrected chi connectivity index (χ4v) is 3.10. The first-order chi connectivity index (χ1) is 13.0. The third kappa shape index (κ3) is 3.23. The van der Waals surface area contributed by atoms with E-state index in [2.05, 4.69) is 15.2 Å². The number of alkyl halides is 2. The molecule has 0 saturated carbocycles. The molecule has 6 nitrogen and oxygen atoms in total. The molecule has 2 N–H and O–H groups in total. The number of halogens is 4. The fraction of sp³-hybridized carbons (Fsp3) is 0.167. The maximum atomic E-state index is 14.9. The van der Waals surface area contributed by atoms with Gasteiger partial charge in [-0.2, -0.15) is 10.2 Å². The smallest absolute Gasteiger partial charge is 0.267 e. The number of hydrogen-bond donors (Lipinski definition) is 1. The minimum atomic E-state index is -2.97. The standard InChI is InChI=1S/C18H15F3N6.ClH/c1-26-7-12(6-24-26)11-4-14-17(23-9-25-27(14)8-11)13-3-2-10(5-22)15(16(13)19)18(20)21;/h2-4,6-9,18H,5,22H2,1H3;1H. The van der Waals surface area contributed by atoms with E-state index in [-0.39, 0.29) is 35.8 Å². The summed E-state index contributed by atoms with van der Waals surface area (Å²) in [6, 6.07) is 4.59. The van der Waals surface area contributed by atoms with Crippen LogP contribution >= 0.6 is 12.4 Å². The number of rotatable bonds is 4. The van der Waals surface area contributed by atoms with Crippen LogP contribution in [0.3, 0.4) is 0 Å². The van der Waals surface area contributed by atoms with Gasteiger partial charge in [-0.15, -0.1) is 12.4 Å². The van der Waals surface area contributed by atoms with Crippen LogP contribution in [0.15, 0.2) is 43.1 Å². The van der Waals surface area contributed by atoms with E-state index in [1.54, 1.807) is 30.2 Å². The molecule has 10 heteroatoms. The van der Waals surface area contributed by atoms with Gasteiger partial charge in [0.25, 0.3) is 6.43 Å². The molecule has 0 radical (unpaired) electrons. The first kappa shape index (κ1) is 19.8. The van der Waals surface area contributed by atoms with E-state index < -0.39 is 17.8 Å². The van der Waals surface area contributed by atoms with Crippen LogP contribution in [0, 0.1) is 5.82 Å². The molecule has 0 saturated heterocycles. The Hall–Kier alpha value is -2.91. The lowest BCUT2D eigenvalue weighted by atomic mass is 10.0. The van der Waals surface area contributed by atoms with Crippen molar-refractivity contribution in [3.8, 4) is 22.4 Å². The van der Waals surface area contributed by atoms with E-state index in [4.69, 9.17) is 5.73 Å². The lowest BCUT2D eigenvalue weighted by Crippen LogP contribution is -2.06. The Morgan fingerprint density at radius 1 is 1.14 bits per heavy atom. The summed E-state index contributed by atoms with van der Waals surface area (Å²) in [4.78, 5) is 4.14. The molecule has 146 valence electrons. The Balaban J connectivity index is 0.00000225. The van der Waals surface area contributed by atoms with Crippen LogP contribution in [0.25, 0.3) is 27.9 Å². The van der Waals surface area contributed by atoms with E-state index in [0.29, 0.717) is 5.52 Å². The van der Waals surface area contributed by atoms with Crippen molar-refractivity contribution in [1.82, 2.24) is 24.4 Å². The van der Waals surface area contributed by atoms with Gasteiger partial charge in [0.15, 0.2) is 0 Å². The molecule has 4 aromatic rings. The molecule has 0 atom stereocenters. The minimum absolute atomic E-state index is 0. The predicted octanol–water partition coefficient (Wildman–Crippen LogP) is 3.75. The molecule has 0 aliphatic heterocycles. The molecule has 0 unspecified atom stereocenters. The Bertz CT molecular complexity index is 1140. The first-order valence-corrected chi connectivity index (χ1v) is 8.12. The van der Waals surface area contributed by atoms with Crippen LogP contribution in [0.4, 0.5) is 13.2 Å². The number of hydrogen-bond acceptors (Lipinski definition) is 4. The summed E-state index contributed by atoms with van der Waals surface area (Å²) in [5.41, 5.74) is 7.20. The van der Waals surface area contributed by atoms with E-state index in [1.165, 1.54) is 23.0 Å². The van der Waals surface area contributed by atoms with Crippen molar-refractivity contribution >= 4 is 17.9 Å². The summed E-state index contributed by atoms with van der Waals surface area (Å²) in [6.45, 7) is -0.174. The van der Waals surface area contributed by atoms with Gasteiger partial charge in [-0.3, -0.25) is 4.68 Å². The Kier molecular flexibility index (Phi) is 5.39. The molecular formula is C18H16ClF3N6. The lowest BCUT2D eigenvalue weighted by Gasteiger charge is -2.12. The molecule has 3 aromatic heterocycles. The zero-order valence-corrected chi connectivity index (χ0v) is 15.5. The van der Waals surface area contributed by atoms with Crippen molar-refractivity contribution in [2.75, 3.05) is 0 Å². The summed E-state index contributed by atoms with van der Waals surface area (Å²) in [5, 5.41) is 8.25. The largest absolute Gasteiger partial charge is 0.326 e. The van der Waals surface area contributed by atoms with Gasteiger partial charge in [-0.1, -0.05) is 6.07 Å². The third-order valence-electron chi connectivity index (χ3n) is 4.41. The van der Waals surface area contributed by atoms with Crippen molar-refractivity contribution in [3.63, 3.8) is 0 Å². The van der Waals surface area contributed by atoms with Crippen molar-refractivity contribution in [1.29, 1.82) is 0 Å². The number of aryl methyl sites for hydroxylation is 1. The highest BCUT2D eigenvalue weighted by molar-refractivity contribution is 5.85. The van der Waals surface area contributed by atoms with Gasteiger partial charge in [0.2, 0.25) is 0 Å². The number of nitrogens with zero attached hydrogens (tertiary/aromatic N) is 5. The monoisotopic (exact) mass is 408 g/mol. The number of nitrogens with two attached hydrogens (primary N) is 1. The van der Waals surface area contributed by atoms with Crippen molar-refractivity contribution in [3.05, 3.63) is 60.1 Å². The summed E-state index contributed by atoms with van der Waals surface area (Å²) in [7, 11) is 1.80. The zero-order valence-electron chi connectivity index (χ0n) is 14.7. The SMILES string of the molecule is Cl.Cn1cc(-c2cc3c(-c4ccc(CN)c(C(F)F)c4F)ncnn3c2)cn1.